The number of rotatable bonds is 8. The normalized spacial score (nSPS) is 16.9. The van der Waals surface area contributed by atoms with Crippen LogP contribution in [-0.4, -0.2) is 44.3 Å². The fraction of sp³-hybridized carbons (Fsp3) is 0.480. The molecule has 0 saturated heterocycles. The summed E-state index contributed by atoms with van der Waals surface area (Å²) in [6, 6.07) is 12.6. The van der Waals surface area contributed by atoms with Gasteiger partial charge in [-0.25, -0.2) is 4.79 Å². The second-order valence-corrected chi connectivity index (χ2v) is 8.25. The first-order valence-electron chi connectivity index (χ1n) is 11.1. The lowest BCUT2D eigenvalue weighted by Crippen LogP contribution is -2.50. The summed E-state index contributed by atoms with van der Waals surface area (Å²) in [6.45, 7) is 8.63. The number of ether oxygens (including phenoxy) is 2. The molecule has 0 bridgehead atoms. The Hall–Kier alpha value is -2.73. The Morgan fingerprint density at radius 3 is 2.61 bits per heavy atom. The Balaban J connectivity index is 1.94. The van der Waals surface area contributed by atoms with Gasteiger partial charge in [-0.1, -0.05) is 36.8 Å². The third kappa shape index (κ3) is 5.50. The summed E-state index contributed by atoms with van der Waals surface area (Å²) in [5.41, 5.74) is 4.95. The fourth-order valence-corrected chi connectivity index (χ4v) is 4.41. The van der Waals surface area contributed by atoms with E-state index < -0.39 is 0 Å². The molecule has 2 N–H and O–H groups in total. The van der Waals surface area contributed by atoms with Crippen LogP contribution in [0.15, 0.2) is 36.4 Å². The van der Waals surface area contributed by atoms with E-state index in [1.54, 1.807) is 14.2 Å². The molecule has 31 heavy (non-hydrogen) atoms. The molecular formula is C25H35N3O3. The van der Waals surface area contributed by atoms with E-state index in [1.165, 1.54) is 22.3 Å². The van der Waals surface area contributed by atoms with Crippen LogP contribution in [0.25, 0.3) is 0 Å². The zero-order valence-corrected chi connectivity index (χ0v) is 19.3. The van der Waals surface area contributed by atoms with E-state index in [1.807, 2.05) is 6.92 Å². The van der Waals surface area contributed by atoms with E-state index in [-0.39, 0.29) is 18.1 Å². The Kier molecular flexibility index (Phi) is 7.80. The predicted octanol–water partition coefficient (Wildman–Crippen LogP) is 4.21. The van der Waals surface area contributed by atoms with Crippen molar-refractivity contribution in [2.75, 3.05) is 27.3 Å². The quantitative estimate of drug-likeness (QED) is 0.665. The van der Waals surface area contributed by atoms with Gasteiger partial charge in [0.05, 0.1) is 20.3 Å². The van der Waals surface area contributed by atoms with E-state index in [0.717, 1.165) is 31.7 Å². The largest absolute Gasteiger partial charge is 0.493 e. The highest BCUT2D eigenvalue weighted by Crippen LogP contribution is 2.40. The number of urea groups is 1. The number of nitrogens with zero attached hydrogens (tertiary/aromatic N) is 1. The maximum Gasteiger partial charge on any atom is 0.315 e. The number of carbonyl (C=O) groups excluding carboxylic acids is 1. The summed E-state index contributed by atoms with van der Waals surface area (Å²) in [5.74, 6) is 1.46. The van der Waals surface area contributed by atoms with Gasteiger partial charge >= 0.3 is 6.03 Å². The molecule has 168 valence electrons. The van der Waals surface area contributed by atoms with Crippen molar-refractivity contribution in [3.8, 4) is 11.5 Å². The predicted molar refractivity (Wildman–Crippen MR) is 124 cm³/mol. The number of nitrogens with one attached hydrogen (secondary N) is 2. The van der Waals surface area contributed by atoms with E-state index >= 15 is 0 Å². The molecule has 0 saturated carbocycles. The van der Waals surface area contributed by atoms with Crippen LogP contribution in [0.2, 0.25) is 0 Å². The topological polar surface area (TPSA) is 62.8 Å². The van der Waals surface area contributed by atoms with Crippen molar-refractivity contribution in [2.24, 2.45) is 0 Å². The molecule has 1 aliphatic heterocycles. The Morgan fingerprint density at radius 2 is 1.94 bits per heavy atom. The first-order chi connectivity index (χ1) is 15.0. The first kappa shape index (κ1) is 22.9. The van der Waals surface area contributed by atoms with Gasteiger partial charge in [-0.2, -0.15) is 0 Å². The van der Waals surface area contributed by atoms with Crippen LogP contribution in [0, 0.1) is 6.92 Å². The number of aryl methyl sites for hydroxylation is 1. The third-order valence-electron chi connectivity index (χ3n) is 5.86. The highest BCUT2D eigenvalue weighted by atomic mass is 16.5. The van der Waals surface area contributed by atoms with E-state index in [0.29, 0.717) is 12.3 Å². The number of fused-ring (bicyclic) bond motifs is 1. The van der Waals surface area contributed by atoms with E-state index in [2.05, 4.69) is 65.8 Å². The summed E-state index contributed by atoms with van der Waals surface area (Å²) in [5, 5.41) is 6.08. The fourth-order valence-electron chi connectivity index (χ4n) is 4.41. The van der Waals surface area contributed by atoms with Crippen LogP contribution in [0.3, 0.4) is 0 Å². The number of hydrogen-bond acceptors (Lipinski definition) is 4. The molecule has 1 heterocycles. The standard InChI is InChI=1S/C25H35N3O3/c1-6-11-26-25(29)27-18(3)24-21-15-23(31-5)22(30-4)14-20(21)10-12-28(24)16-19-9-7-8-17(2)13-19/h7-9,13-15,18,24H,6,10-12,16H2,1-5H3,(H2,26,27,29). The van der Waals surface area contributed by atoms with Crippen molar-refractivity contribution in [1.29, 1.82) is 0 Å². The van der Waals surface area contributed by atoms with Gasteiger partial charge in [0.2, 0.25) is 0 Å². The molecule has 0 fully saturated rings. The summed E-state index contributed by atoms with van der Waals surface area (Å²) < 4.78 is 11.1. The van der Waals surface area contributed by atoms with Crippen molar-refractivity contribution in [1.82, 2.24) is 15.5 Å². The minimum atomic E-state index is -0.127. The van der Waals surface area contributed by atoms with Crippen molar-refractivity contribution >= 4 is 6.03 Å². The van der Waals surface area contributed by atoms with Gasteiger partial charge in [-0.05, 0) is 55.5 Å². The van der Waals surface area contributed by atoms with Crippen molar-refractivity contribution < 1.29 is 14.3 Å². The zero-order valence-electron chi connectivity index (χ0n) is 19.3. The molecule has 6 heteroatoms. The number of amides is 2. The molecule has 0 aromatic heterocycles. The Morgan fingerprint density at radius 1 is 1.19 bits per heavy atom. The SMILES string of the molecule is CCCNC(=O)NC(C)C1c2cc(OC)c(OC)cc2CCN1Cc1cccc(C)c1. The average Bonchev–Trinajstić information content (AvgIpc) is 2.76. The number of methoxy groups -OCH3 is 2. The van der Waals surface area contributed by atoms with Gasteiger partial charge in [0.15, 0.2) is 11.5 Å². The molecule has 1 aliphatic rings. The maximum absolute atomic E-state index is 12.4. The van der Waals surface area contributed by atoms with Crippen molar-refractivity contribution in [3.05, 3.63) is 58.7 Å². The van der Waals surface area contributed by atoms with Gasteiger partial charge in [-0.3, -0.25) is 4.90 Å². The summed E-state index contributed by atoms with van der Waals surface area (Å²) in [4.78, 5) is 14.9. The van der Waals surface area contributed by atoms with E-state index in [9.17, 15) is 4.79 Å². The van der Waals surface area contributed by atoms with E-state index in [4.69, 9.17) is 9.47 Å². The molecule has 2 aromatic rings. The van der Waals surface area contributed by atoms with Crippen LogP contribution < -0.4 is 20.1 Å². The van der Waals surface area contributed by atoms with Crippen LogP contribution in [0.5, 0.6) is 11.5 Å². The number of hydrogen-bond donors (Lipinski definition) is 2. The van der Waals surface area contributed by atoms with Crippen molar-refractivity contribution in [2.45, 2.75) is 52.2 Å². The molecule has 2 amide bonds. The second kappa shape index (κ2) is 10.5. The lowest BCUT2D eigenvalue weighted by molar-refractivity contribution is 0.143. The summed E-state index contributed by atoms with van der Waals surface area (Å²) in [7, 11) is 3.32. The van der Waals surface area contributed by atoms with Gasteiger partial charge in [0, 0.05) is 25.7 Å². The number of carbonyl (C=O) groups is 1. The van der Waals surface area contributed by atoms with Gasteiger partial charge in [0.25, 0.3) is 0 Å². The summed E-state index contributed by atoms with van der Waals surface area (Å²) in [6.07, 6.45) is 1.83. The average molecular weight is 426 g/mol. The molecule has 6 nitrogen and oxygen atoms in total. The zero-order chi connectivity index (χ0) is 22.4. The molecule has 2 unspecified atom stereocenters. The highest BCUT2D eigenvalue weighted by Gasteiger charge is 2.33. The first-order valence-corrected chi connectivity index (χ1v) is 11.1. The highest BCUT2D eigenvalue weighted by molar-refractivity contribution is 5.74. The Labute approximate surface area is 185 Å². The summed E-state index contributed by atoms with van der Waals surface area (Å²) >= 11 is 0. The smallest absolute Gasteiger partial charge is 0.315 e. The van der Waals surface area contributed by atoms with Crippen LogP contribution >= 0.6 is 0 Å². The minimum absolute atomic E-state index is 0.0245. The molecule has 2 atom stereocenters. The number of benzene rings is 2. The lowest BCUT2D eigenvalue weighted by atomic mass is 9.87. The molecule has 0 aliphatic carbocycles. The van der Waals surface area contributed by atoms with Gasteiger partial charge in [-0.15, -0.1) is 0 Å². The monoisotopic (exact) mass is 425 g/mol. The van der Waals surface area contributed by atoms with Gasteiger partial charge in [0.1, 0.15) is 0 Å². The van der Waals surface area contributed by atoms with Gasteiger partial charge < -0.3 is 20.1 Å². The van der Waals surface area contributed by atoms with Crippen molar-refractivity contribution in [3.63, 3.8) is 0 Å². The molecule has 3 rings (SSSR count). The molecule has 0 spiro atoms. The maximum atomic E-state index is 12.4. The van der Waals surface area contributed by atoms with Crippen LogP contribution in [0.1, 0.15) is 48.6 Å². The van der Waals surface area contributed by atoms with Crippen LogP contribution in [-0.2, 0) is 13.0 Å². The Bertz CT molecular complexity index is 900. The molecule has 2 aromatic carbocycles. The van der Waals surface area contributed by atoms with Crippen LogP contribution in [0.4, 0.5) is 4.79 Å². The second-order valence-electron chi connectivity index (χ2n) is 8.25. The molecule has 0 radical (unpaired) electrons. The molecular weight excluding hydrogens is 390 g/mol. The lowest BCUT2D eigenvalue weighted by Gasteiger charge is -2.41. The third-order valence-corrected chi connectivity index (χ3v) is 5.86. The minimum Gasteiger partial charge on any atom is -0.493 e.